The Morgan fingerprint density at radius 2 is 1.71 bits per heavy atom. The smallest absolute Gasteiger partial charge is 0.144 e. The highest BCUT2D eigenvalue weighted by atomic mass is 32.2. The van der Waals surface area contributed by atoms with Crippen molar-refractivity contribution in [1.29, 1.82) is 0 Å². The van der Waals surface area contributed by atoms with Crippen molar-refractivity contribution in [1.82, 2.24) is 0 Å². The number of hydrogen-bond donors (Lipinski definition) is 2. The van der Waals surface area contributed by atoms with Crippen molar-refractivity contribution in [3.8, 4) is 5.75 Å². The first kappa shape index (κ1) is 10.7. The zero-order valence-electron chi connectivity index (χ0n) is 9.13. The Kier molecular flexibility index (Phi) is 2.38. The molecule has 17 heavy (non-hydrogen) atoms. The van der Waals surface area contributed by atoms with Crippen LogP contribution in [0.4, 0.5) is 0 Å². The number of rotatable bonds is 1. The Bertz CT molecular complexity index is 523. The topological polar surface area (TPSA) is 40.5 Å². The minimum Gasteiger partial charge on any atom is -0.508 e. The van der Waals surface area contributed by atoms with Gasteiger partial charge in [-0.2, -0.15) is 0 Å². The Hall–Kier alpha value is -1.45. The lowest BCUT2D eigenvalue weighted by atomic mass is 10.0. The van der Waals surface area contributed by atoms with Crippen molar-refractivity contribution in [2.45, 2.75) is 16.2 Å². The van der Waals surface area contributed by atoms with E-state index in [2.05, 4.69) is 0 Å². The molecular formula is C14H12O2S. The molecule has 0 bridgehead atoms. The van der Waals surface area contributed by atoms with Crippen molar-refractivity contribution in [3.05, 3.63) is 59.7 Å². The van der Waals surface area contributed by atoms with Crippen LogP contribution >= 0.6 is 11.8 Å². The van der Waals surface area contributed by atoms with Gasteiger partial charge in [0.05, 0.1) is 0 Å². The molecule has 0 saturated carbocycles. The van der Waals surface area contributed by atoms with Crippen molar-refractivity contribution < 1.29 is 10.2 Å². The summed E-state index contributed by atoms with van der Waals surface area (Å²) in [5.74, 6) is 0.220. The highest BCUT2D eigenvalue weighted by Crippen LogP contribution is 2.49. The maximum absolute atomic E-state index is 10.7. The monoisotopic (exact) mass is 244 g/mol. The van der Waals surface area contributed by atoms with E-state index in [0.717, 1.165) is 10.5 Å². The number of aromatic hydroxyl groups is 1. The molecule has 1 atom stereocenters. The standard InChI is InChI=1S/C14H12O2S/c15-12-7-5-11(6-8-12)14(16)9-10-3-1-2-4-13(10)17-14/h1-8,15-16H,9H2. The SMILES string of the molecule is Oc1ccc(C2(O)Cc3ccccc3S2)cc1. The van der Waals surface area contributed by atoms with Crippen LogP contribution in [0.3, 0.4) is 0 Å². The predicted octanol–water partition coefficient (Wildman–Crippen LogP) is 2.89. The molecule has 2 N–H and O–H groups in total. The van der Waals surface area contributed by atoms with Gasteiger partial charge in [0.2, 0.25) is 0 Å². The molecule has 3 rings (SSSR count). The maximum Gasteiger partial charge on any atom is 0.144 e. The van der Waals surface area contributed by atoms with Crippen LogP contribution < -0.4 is 0 Å². The second kappa shape index (κ2) is 3.79. The second-order valence-electron chi connectivity index (χ2n) is 4.22. The molecule has 1 aliphatic rings. The molecule has 0 fully saturated rings. The van der Waals surface area contributed by atoms with Crippen molar-refractivity contribution in [3.63, 3.8) is 0 Å². The maximum atomic E-state index is 10.7. The molecule has 0 saturated heterocycles. The second-order valence-corrected chi connectivity index (χ2v) is 5.54. The molecule has 3 heteroatoms. The first-order valence-electron chi connectivity index (χ1n) is 5.46. The molecule has 1 aliphatic heterocycles. The lowest BCUT2D eigenvalue weighted by Gasteiger charge is -2.21. The van der Waals surface area contributed by atoms with E-state index < -0.39 is 4.93 Å². The largest absolute Gasteiger partial charge is 0.508 e. The van der Waals surface area contributed by atoms with E-state index in [9.17, 15) is 10.2 Å². The summed E-state index contributed by atoms with van der Waals surface area (Å²) >= 11 is 1.47. The van der Waals surface area contributed by atoms with Gasteiger partial charge < -0.3 is 10.2 Å². The fourth-order valence-electron chi connectivity index (χ4n) is 2.11. The summed E-state index contributed by atoms with van der Waals surface area (Å²) in [6.07, 6.45) is 0.610. The molecular weight excluding hydrogens is 232 g/mol. The van der Waals surface area contributed by atoms with Gasteiger partial charge in [-0.3, -0.25) is 0 Å². The third-order valence-electron chi connectivity index (χ3n) is 3.00. The Morgan fingerprint density at radius 3 is 2.41 bits per heavy atom. The molecule has 86 valence electrons. The van der Waals surface area contributed by atoms with Gasteiger partial charge in [0.1, 0.15) is 10.7 Å². The van der Waals surface area contributed by atoms with E-state index in [-0.39, 0.29) is 5.75 Å². The van der Waals surface area contributed by atoms with E-state index in [1.807, 2.05) is 24.3 Å². The van der Waals surface area contributed by atoms with E-state index in [4.69, 9.17) is 0 Å². The number of phenols is 1. The summed E-state index contributed by atoms with van der Waals surface area (Å²) in [6.45, 7) is 0. The van der Waals surface area contributed by atoms with Crippen LogP contribution in [0.25, 0.3) is 0 Å². The zero-order valence-corrected chi connectivity index (χ0v) is 9.95. The van der Waals surface area contributed by atoms with Gasteiger partial charge in [-0.25, -0.2) is 0 Å². The van der Waals surface area contributed by atoms with Crippen LogP contribution in [0.15, 0.2) is 53.4 Å². The summed E-state index contributed by atoms with van der Waals surface area (Å²) in [7, 11) is 0. The Balaban J connectivity index is 1.98. The average molecular weight is 244 g/mol. The van der Waals surface area contributed by atoms with Gasteiger partial charge in [-0.1, -0.05) is 42.1 Å². The van der Waals surface area contributed by atoms with Crippen LogP contribution in [-0.4, -0.2) is 10.2 Å². The predicted molar refractivity (Wildman–Crippen MR) is 68.0 cm³/mol. The Labute approximate surface area is 104 Å². The summed E-state index contributed by atoms with van der Waals surface area (Å²) in [5, 5.41) is 19.9. The highest BCUT2D eigenvalue weighted by molar-refractivity contribution is 8.00. The molecule has 0 amide bonds. The van der Waals surface area contributed by atoms with Gasteiger partial charge in [0, 0.05) is 11.3 Å². The van der Waals surface area contributed by atoms with E-state index in [1.165, 1.54) is 17.3 Å². The average Bonchev–Trinajstić information content (AvgIpc) is 2.67. The van der Waals surface area contributed by atoms with E-state index in [1.54, 1.807) is 24.3 Å². The van der Waals surface area contributed by atoms with Crippen molar-refractivity contribution >= 4 is 11.8 Å². The zero-order chi connectivity index (χ0) is 11.9. The Morgan fingerprint density at radius 1 is 1.00 bits per heavy atom. The van der Waals surface area contributed by atoms with E-state index in [0.29, 0.717) is 6.42 Å². The lowest BCUT2D eigenvalue weighted by molar-refractivity contribution is 0.142. The minimum atomic E-state index is -0.905. The molecule has 2 aromatic rings. The van der Waals surface area contributed by atoms with Gasteiger partial charge in [0.15, 0.2) is 0 Å². The summed E-state index contributed by atoms with van der Waals surface area (Å²) in [4.78, 5) is 0.222. The number of hydrogen-bond acceptors (Lipinski definition) is 3. The third kappa shape index (κ3) is 1.81. The van der Waals surface area contributed by atoms with Gasteiger partial charge in [-0.05, 0) is 29.3 Å². The fourth-order valence-corrected chi connectivity index (χ4v) is 3.37. The lowest BCUT2D eigenvalue weighted by Crippen LogP contribution is -2.19. The van der Waals surface area contributed by atoms with Gasteiger partial charge >= 0.3 is 0 Å². The summed E-state index contributed by atoms with van der Waals surface area (Å²) in [5.41, 5.74) is 2.00. The summed E-state index contributed by atoms with van der Waals surface area (Å²) < 4.78 is 0. The number of phenolic OH excluding ortho intramolecular Hbond substituents is 1. The van der Waals surface area contributed by atoms with Gasteiger partial charge in [-0.15, -0.1) is 0 Å². The van der Waals surface area contributed by atoms with Crippen LogP contribution in [0.2, 0.25) is 0 Å². The van der Waals surface area contributed by atoms with E-state index >= 15 is 0 Å². The number of fused-ring (bicyclic) bond motifs is 1. The molecule has 1 unspecified atom stereocenters. The molecule has 2 nitrogen and oxygen atoms in total. The molecule has 1 heterocycles. The van der Waals surface area contributed by atoms with Crippen LogP contribution in [0.5, 0.6) is 5.75 Å². The first-order chi connectivity index (χ1) is 8.17. The quantitative estimate of drug-likeness (QED) is 0.810. The normalized spacial score (nSPS) is 22.4. The highest BCUT2D eigenvalue weighted by Gasteiger charge is 2.37. The van der Waals surface area contributed by atoms with Crippen molar-refractivity contribution in [2.24, 2.45) is 0 Å². The van der Waals surface area contributed by atoms with Gasteiger partial charge in [0.25, 0.3) is 0 Å². The fraction of sp³-hybridized carbons (Fsp3) is 0.143. The minimum absolute atomic E-state index is 0.220. The molecule has 0 radical (unpaired) electrons. The molecule has 2 aromatic carbocycles. The van der Waals surface area contributed by atoms with Crippen LogP contribution in [0, 0.1) is 0 Å². The number of thioether (sulfide) groups is 1. The molecule has 0 spiro atoms. The first-order valence-corrected chi connectivity index (χ1v) is 6.28. The number of aliphatic hydroxyl groups is 1. The molecule has 0 aliphatic carbocycles. The summed E-state index contributed by atoms with van der Waals surface area (Å²) in [6, 6.07) is 14.8. The third-order valence-corrected chi connectivity index (χ3v) is 4.34. The number of benzene rings is 2. The van der Waals surface area contributed by atoms with Crippen molar-refractivity contribution in [2.75, 3.05) is 0 Å². The van der Waals surface area contributed by atoms with Crippen LogP contribution in [0.1, 0.15) is 11.1 Å². The van der Waals surface area contributed by atoms with Crippen LogP contribution in [-0.2, 0) is 11.4 Å². The molecule has 0 aromatic heterocycles.